The number of carbonyl (C=O) groups is 1. The molecule has 5 rings (SSSR count). The second-order valence-electron chi connectivity index (χ2n) is 6.82. The maximum atomic E-state index is 13.8. The maximum Gasteiger partial charge on any atom is 0.287 e. The first-order valence-electron chi connectivity index (χ1n) is 9.00. The Balaban J connectivity index is 1.73. The zero-order valence-corrected chi connectivity index (χ0v) is 16.0. The van der Waals surface area contributed by atoms with Crippen molar-refractivity contribution in [1.29, 1.82) is 0 Å². The minimum atomic E-state index is -1.43. The average Bonchev–Trinajstić information content (AvgIpc) is 3.47. The van der Waals surface area contributed by atoms with Crippen molar-refractivity contribution in [1.82, 2.24) is 0 Å². The highest BCUT2D eigenvalue weighted by molar-refractivity contribution is 7.10. The summed E-state index contributed by atoms with van der Waals surface area (Å²) in [4.78, 5) is 14.6. The number of Topliss-reactive ketones (excluding diaryl/α,β-unsaturated/α-hetero) is 1. The Bertz CT molecular complexity index is 1040. The minimum absolute atomic E-state index is 0.152. The molecule has 2 aliphatic heterocycles. The molecule has 1 spiro atoms. The molecule has 2 aromatic heterocycles. The Morgan fingerprint density at radius 1 is 1.18 bits per heavy atom. The van der Waals surface area contributed by atoms with Crippen LogP contribution in [0.3, 0.4) is 0 Å². The third-order valence-corrected chi connectivity index (χ3v) is 6.23. The average molecular weight is 394 g/mol. The largest absolute Gasteiger partial charge is 0.472 e. The molecular weight excluding hydrogens is 376 g/mol. The number of ether oxygens (including phenoxy) is 3. The van der Waals surface area contributed by atoms with Gasteiger partial charge in [-0.1, -0.05) is 24.3 Å². The highest BCUT2D eigenvalue weighted by Crippen LogP contribution is 2.54. The summed E-state index contributed by atoms with van der Waals surface area (Å²) in [6.45, 7) is 2.43. The molecule has 0 amide bonds. The first kappa shape index (κ1) is 17.4. The standard InChI is InChI=1S/C22H18O5S/c1-15-8-11-25-21(15)20(23)17-5-2-3-6-18(17)27-22(21,19-7-4-12-28-19)26-14-16-9-10-24-13-16/h2-10,12-13H,11,14H2,1H3. The Hall–Kier alpha value is -2.67. The molecule has 4 heterocycles. The second-order valence-corrected chi connectivity index (χ2v) is 7.77. The van der Waals surface area contributed by atoms with Crippen LogP contribution in [-0.2, 0) is 21.9 Å². The van der Waals surface area contributed by atoms with Crippen LogP contribution in [0.4, 0.5) is 0 Å². The summed E-state index contributed by atoms with van der Waals surface area (Å²) in [5, 5.41) is 1.94. The first-order chi connectivity index (χ1) is 13.7. The molecule has 142 valence electrons. The van der Waals surface area contributed by atoms with E-state index in [1.165, 1.54) is 11.3 Å². The molecule has 3 aromatic rings. The van der Waals surface area contributed by atoms with Crippen LogP contribution in [-0.4, -0.2) is 18.0 Å². The lowest BCUT2D eigenvalue weighted by Gasteiger charge is -2.49. The van der Waals surface area contributed by atoms with Crippen LogP contribution >= 0.6 is 11.3 Å². The smallest absolute Gasteiger partial charge is 0.287 e. The molecule has 2 atom stereocenters. The van der Waals surface area contributed by atoms with E-state index in [1.54, 1.807) is 24.7 Å². The topological polar surface area (TPSA) is 57.9 Å². The summed E-state index contributed by atoms with van der Waals surface area (Å²) >= 11 is 1.47. The second kappa shape index (κ2) is 6.44. The Labute approximate surface area is 166 Å². The van der Waals surface area contributed by atoms with Gasteiger partial charge < -0.3 is 18.6 Å². The predicted octanol–water partition coefficient (Wildman–Crippen LogP) is 4.70. The van der Waals surface area contributed by atoms with Gasteiger partial charge in [0.25, 0.3) is 5.79 Å². The van der Waals surface area contributed by atoms with Crippen LogP contribution in [0, 0.1) is 0 Å². The lowest BCUT2D eigenvalue weighted by Crippen LogP contribution is -2.64. The molecule has 0 N–H and O–H groups in total. The van der Waals surface area contributed by atoms with Crippen molar-refractivity contribution in [2.75, 3.05) is 6.61 Å². The Morgan fingerprint density at radius 3 is 2.79 bits per heavy atom. The number of ketones is 1. The van der Waals surface area contributed by atoms with Crippen LogP contribution in [0.1, 0.15) is 27.7 Å². The first-order valence-corrected chi connectivity index (χ1v) is 9.88. The number of fused-ring (bicyclic) bond motifs is 1. The SMILES string of the molecule is CC1=CCOC12C(=O)c1ccccc1OC2(OCc1ccoc1)c1cccs1. The van der Waals surface area contributed by atoms with Crippen LogP contribution in [0.5, 0.6) is 5.75 Å². The maximum absolute atomic E-state index is 13.8. The van der Waals surface area contributed by atoms with Crippen LogP contribution in [0.2, 0.25) is 0 Å². The van der Waals surface area contributed by atoms with Gasteiger partial charge in [0.2, 0.25) is 11.4 Å². The number of furan rings is 1. The van der Waals surface area contributed by atoms with Gasteiger partial charge in [-0.3, -0.25) is 4.79 Å². The Morgan fingerprint density at radius 2 is 2.07 bits per heavy atom. The molecule has 1 aromatic carbocycles. The van der Waals surface area contributed by atoms with Crippen molar-refractivity contribution in [3.63, 3.8) is 0 Å². The number of carbonyl (C=O) groups excluding carboxylic acids is 1. The van der Waals surface area contributed by atoms with Crippen LogP contribution < -0.4 is 4.74 Å². The molecule has 0 saturated heterocycles. The molecule has 2 unspecified atom stereocenters. The normalized spacial score (nSPS) is 26.2. The summed E-state index contributed by atoms with van der Waals surface area (Å²) in [6, 6.07) is 12.9. The summed E-state index contributed by atoms with van der Waals surface area (Å²) in [5.41, 5.74) is 0.750. The number of hydrogen-bond donors (Lipinski definition) is 0. The van der Waals surface area contributed by atoms with Gasteiger partial charge in [0.15, 0.2) is 0 Å². The molecule has 2 aliphatic rings. The van der Waals surface area contributed by atoms with E-state index in [9.17, 15) is 4.79 Å². The van der Waals surface area contributed by atoms with Crippen molar-refractivity contribution in [2.24, 2.45) is 0 Å². The van der Waals surface area contributed by atoms with Crippen LogP contribution in [0.15, 0.2) is 76.4 Å². The summed E-state index contributed by atoms with van der Waals surface area (Å²) < 4.78 is 24.3. The fourth-order valence-corrected chi connectivity index (χ4v) is 4.77. The number of hydrogen-bond acceptors (Lipinski definition) is 6. The quantitative estimate of drug-likeness (QED) is 0.600. The molecular formula is C22H18O5S. The van der Waals surface area contributed by atoms with Crippen LogP contribution in [0.25, 0.3) is 0 Å². The number of para-hydroxylation sites is 1. The molecule has 0 bridgehead atoms. The Kier molecular flexibility index (Phi) is 4.01. The molecule has 0 saturated carbocycles. The molecule has 0 radical (unpaired) electrons. The minimum Gasteiger partial charge on any atom is -0.472 e. The van der Waals surface area contributed by atoms with Gasteiger partial charge in [-0.2, -0.15) is 0 Å². The lowest BCUT2D eigenvalue weighted by atomic mass is 9.76. The van der Waals surface area contributed by atoms with E-state index in [0.717, 1.165) is 16.0 Å². The van der Waals surface area contributed by atoms with E-state index in [1.807, 2.05) is 48.7 Å². The zero-order valence-electron chi connectivity index (χ0n) is 15.2. The van der Waals surface area contributed by atoms with Gasteiger partial charge in [-0.25, -0.2) is 0 Å². The van der Waals surface area contributed by atoms with Crippen molar-refractivity contribution in [3.8, 4) is 5.75 Å². The highest BCUT2D eigenvalue weighted by atomic mass is 32.1. The van der Waals surface area contributed by atoms with Crippen molar-refractivity contribution < 1.29 is 23.4 Å². The lowest BCUT2D eigenvalue weighted by molar-refractivity contribution is -0.277. The fraction of sp³-hybridized carbons (Fsp3) is 0.227. The van der Waals surface area contributed by atoms with E-state index in [4.69, 9.17) is 18.6 Å². The van der Waals surface area contributed by atoms with Gasteiger partial charge in [0, 0.05) is 5.56 Å². The monoisotopic (exact) mass is 394 g/mol. The van der Waals surface area contributed by atoms with Crippen molar-refractivity contribution in [2.45, 2.75) is 24.9 Å². The third-order valence-electron chi connectivity index (χ3n) is 5.28. The number of thiophene rings is 1. The predicted molar refractivity (Wildman–Crippen MR) is 103 cm³/mol. The summed E-state index contributed by atoms with van der Waals surface area (Å²) in [6.07, 6.45) is 5.12. The van der Waals surface area contributed by atoms with Gasteiger partial charge in [-0.05, 0) is 42.1 Å². The van der Waals surface area contributed by atoms with Crippen molar-refractivity contribution >= 4 is 17.1 Å². The molecule has 28 heavy (non-hydrogen) atoms. The summed E-state index contributed by atoms with van der Waals surface area (Å²) in [7, 11) is 0. The van der Waals surface area contributed by atoms with Gasteiger partial charge >= 0.3 is 0 Å². The van der Waals surface area contributed by atoms with E-state index in [-0.39, 0.29) is 12.4 Å². The van der Waals surface area contributed by atoms with E-state index >= 15 is 0 Å². The van der Waals surface area contributed by atoms with E-state index in [0.29, 0.717) is 17.9 Å². The fourth-order valence-electron chi connectivity index (χ4n) is 3.91. The zero-order chi connectivity index (χ0) is 19.2. The number of rotatable bonds is 4. The highest BCUT2D eigenvalue weighted by Gasteiger charge is 2.68. The van der Waals surface area contributed by atoms with Crippen molar-refractivity contribution in [3.05, 3.63) is 88.0 Å². The molecule has 5 nitrogen and oxygen atoms in total. The molecule has 0 aliphatic carbocycles. The van der Waals surface area contributed by atoms with Gasteiger partial charge in [-0.15, -0.1) is 11.3 Å². The van der Waals surface area contributed by atoms with Gasteiger partial charge in [0.1, 0.15) is 5.75 Å². The molecule has 6 heteroatoms. The third kappa shape index (κ3) is 2.29. The van der Waals surface area contributed by atoms with E-state index < -0.39 is 11.4 Å². The van der Waals surface area contributed by atoms with Gasteiger partial charge in [0.05, 0.1) is 36.2 Å². The molecule has 0 fully saturated rings. The summed E-state index contributed by atoms with van der Waals surface area (Å²) in [5.74, 6) is -1.09. The van der Waals surface area contributed by atoms with E-state index in [2.05, 4.69) is 0 Å². The number of benzene rings is 1.